The molecular weight excluding hydrogens is 446 g/mol. The van der Waals surface area contributed by atoms with Crippen molar-refractivity contribution in [3.05, 3.63) is 63.9 Å². The maximum absolute atomic E-state index is 13.5. The van der Waals surface area contributed by atoms with E-state index in [9.17, 15) is 9.59 Å². The number of hydrogen-bond acceptors (Lipinski definition) is 5. The van der Waals surface area contributed by atoms with Crippen molar-refractivity contribution in [1.82, 2.24) is 24.5 Å². The molecule has 2 heterocycles. The lowest BCUT2D eigenvalue weighted by Crippen LogP contribution is -2.35. The number of fused-ring (bicyclic) bond motifs is 3. The third kappa shape index (κ3) is 4.34. The summed E-state index contributed by atoms with van der Waals surface area (Å²) in [5.41, 5.74) is 3.43. The van der Waals surface area contributed by atoms with Crippen LogP contribution in [0.15, 0.2) is 52.4 Å². The Morgan fingerprint density at radius 2 is 1.82 bits per heavy atom. The molecule has 0 saturated heterocycles. The molecule has 5 rings (SSSR count). The molecular formula is C26H29N5O2S. The summed E-state index contributed by atoms with van der Waals surface area (Å²) < 4.78 is 3.52. The Hall–Kier alpha value is -3.13. The second kappa shape index (κ2) is 9.62. The van der Waals surface area contributed by atoms with E-state index < -0.39 is 0 Å². The van der Waals surface area contributed by atoms with Gasteiger partial charge in [0.15, 0.2) is 5.16 Å². The number of hydrogen-bond donors (Lipinski definition) is 1. The minimum atomic E-state index is -0.133. The minimum Gasteiger partial charge on any atom is -0.353 e. The lowest BCUT2D eigenvalue weighted by molar-refractivity contribution is -0.119. The van der Waals surface area contributed by atoms with Crippen LogP contribution in [-0.2, 0) is 4.79 Å². The van der Waals surface area contributed by atoms with Gasteiger partial charge in [0.05, 0.1) is 22.3 Å². The predicted molar refractivity (Wildman–Crippen MR) is 136 cm³/mol. The van der Waals surface area contributed by atoms with E-state index >= 15 is 0 Å². The summed E-state index contributed by atoms with van der Waals surface area (Å²) in [5.74, 6) is 0.721. The summed E-state index contributed by atoms with van der Waals surface area (Å²) >= 11 is 1.35. The van der Waals surface area contributed by atoms with Crippen LogP contribution in [0, 0.1) is 13.8 Å². The van der Waals surface area contributed by atoms with E-state index in [0.717, 1.165) is 35.2 Å². The van der Waals surface area contributed by atoms with Crippen molar-refractivity contribution in [3.63, 3.8) is 0 Å². The Kier molecular flexibility index (Phi) is 6.41. The first kappa shape index (κ1) is 22.7. The van der Waals surface area contributed by atoms with Crippen LogP contribution in [0.25, 0.3) is 22.4 Å². The van der Waals surface area contributed by atoms with Crippen molar-refractivity contribution in [1.29, 1.82) is 0 Å². The highest BCUT2D eigenvalue weighted by molar-refractivity contribution is 7.99. The van der Waals surface area contributed by atoms with E-state index in [-0.39, 0.29) is 23.3 Å². The number of carbonyl (C=O) groups excluding carboxylic acids is 1. The van der Waals surface area contributed by atoms with E-state index in [0.29, 0.717) is 16.3 Å². The Balaban J connectivity index is 1.53. The molecule has 2 aromatic heterocycles. The molecule has 8 heteroatoms. The highest BCUT2D eigenvalue weighted by Gasteiger charge is 2.20. The summed E-state index contributed by atoms with van der Waals surface area (Å²) in [4.78, 5) is 26.2. The number of aromatic nitrogens is 4. The van der Waals surface area contributed by atoms with E-state index in [4.69, 9.17) is 0 Å². The maximum atomic E-state index is 13.5. The van der Waals surface area contributed by atoms with Crippen LogP contribution in [0.3, 0.4) is 0 Å². The summed E-state index contributed by atoms with van der Waals surface area (Å²) in [6.45, 7) is 3.99. The van der Waals surface area contributed by atoms with Crippen molar-refractivity contribution >= 4 is 34.3 Å². The van der Waals surface area contributed by atoms with Gasteiger partial charge in [-0.15, -0.1) is 10.2 Å². The molecule has 0 spiro atoms. The molecule has 1 N–H and O–H groups in total. The van der Waals surface area contributed by atoms with Crippen LogP contribution < -0.4 is 10.9 Å². The second-order valence-corrected chi connectivity index (χ2v) is 10.1. The van der Waals surface area contributed by atoms with Gasteiger partial charge in [0.2, 0.25) is 11.7 Å². The first-order valence-electron chi connectivity index (χ1n) is 11.9. The van der Waals surface area contributed by atoms with Gasteiger partial charge in [0.1, 0.15) is 0 Å². The second-order valence-electron chi connectivity index (χ2n) is 9.11. The molecule has 34 heavy (non-hydrogen) atoms. The van der Waals surface area contributed by atoms with E-state index in [1.165, 1.54) is 37.4 Å². The van der Waals surface area contributed by atoms with Gasteiger partial charge >= 0.3 is 0 Å². The SMILES string of the molecule is Cc1ccc(C)c(-n2c(=O)c3ccccc3n3c(SCC(=O)NC4CCCCCC4)nnc23)c1. The van der Waals surface area contributed by atoms with Crippen molar-refractivity contribution in [2.75, 3.05) is 5.75 Å². The molecule has 2 aromatic carbocycles. The number of nitrogens with zero attached hydrogens (tertiary/aromatic N) is 4. The summed E-state index contributed by atoms with van der Waals surface area (Å²) in [6.07, 6.45) is 6.96. The molecule has 176 valence electrons. The number of para-hydroxylation sites is 1. The average Bonchev–Trinajstić information content (AvgIpc) is 3.08. The van der Waals surface area contributed by atoms with Crippen molar-refractivity contribution in [2.24, 2.45) is 0 Å². The first-order valence-corrected chi connectivity index (χ1v) is 12.9. The normalized spacial score (nSPS) is 15.0. The summed E-state index contributed by atoms with van der Waals surface area (Å²) in [6, 6.07) is 13.8. The summed E-state index contributed by atoms with van der Waals surface area (Å²) in [5, 5.41) is 13.2. The van der Waals surface area contributed by atoms with Gasteiger partial charge in [0.25, 0.3) is 5.56 Å². The van der Waals surface area contributed by atoms with E-state index in [2.05, 4.69) is 15.5 Å². The number of amides is 1. The minimum absolute atomic E-state index is 0.0146. The van der Waals surface area contributed by atoms with Gasteiger partial charge < -0.3 is 5.32 Å². The molecule has 0 bridgehead atoms. The Morgan fingerprint density at radius 3 is 2.62 bits per heavy atom. The molecule has 1 saturated carbocycles. The van der Waals surface area contributed by atoms with Crippen molar-refractivity contribution < 1.29 is 4.79 Å². The molecule has 4 aromatic rings. The van der Waals surface area contributed by atoms with Crippen LogP contribution in [0.5, 0.6) is 0 Å². The number of thioether (sulfide) groups is 1. The monoisotopic (exact) mass is 475 g/mol. The number of carbonyl (C=O) groups is 1. The van der Waals surface area contributed by atoms with Crippen LogP contribution in [0.2, 0.25) is 0 Å². The average molecular weight is 476 g/mol. The standard InChI is InChI=1S/C26H29N5O2S/c1-17-13-14-18(2)22(15-17)30-24(33)20-11-7-8-12-21(20)31-25(30)28-29-26(31)34-16-23(32)27-19-9-5-3-4-6-10-19/h7-8,11-15,19H,3-6,9-10,16H2,1-2H3,(H,27,32). The molecule has 1 aliphatic carbocycles. The Morgan fingerprint density at radius 1 is 1.06 bits per heavy atom. The zero-order chi connectivity index (χ0) is 23.7. The third-order valence-corrected chi connectivity index (χ3v) is 7.48. The van der Waals surface area contributed by atoms with Gasteiger partial charge in [-0.05, 0) is 56.0 Å². The zero-order valence-electron chi connectivity index (χ0n) is 19.6. The fourth-order valence-corrected chi connectivity index (χ4v) is 5.52. The van der Waals surface area contributed by atoms with Gasteiger partial charge in [-0.3, -0.25) is 14.0 Å². The third-order valence-electron chi connectivity index (χ3n) is 6.55. The van der Waals surface area contributed by atoms with Crippen molar-refractivity contribution in [2.45, 2.75) is 63.6 Å². The van der Waals surface area contributed by atoms with Gasteiger partial charge in [-0.2, -0.15) is 0 Å². The fraction of sp³-hybridized carbons (Fsp3) is 0.385. The van der Waals surface area contributed by atoms with E-state index in [1.54, 1.807) is 4.57 Å². The lowest BCUT2D eigenvalue weighted by atomic mass is 10.1. The highest BCUT2D eigenvalue weighted by Crippen LogP contribution is 2.25. The van der Waals surface area contributed by atoms with Gasteiger partial charge in [0, 0.05) is 6.04 Å². The van der Waals surface area contributed by atoms with Crippen LogP contribution in [0.1, 0.15) is 49.7 Å². The fourth-order valence-electron chi connectivity index (χ4n) is 4.77. The molecule has 1 aliphatic rings. The largest absolute Gasteiger partial charge is 0.353 e. The molecule has 1 fully saturated rings. The quantitative estimate of drug-likeness (QED) is 0.338. The number of nitrogens with one attached hydrogen (secondary N) is 1. The van der Waals surface area contributed by atoms with Crippen LogP contribution in [-0.4, -0.2) is 36.9 Å². The molecule has 0 aliphatic heterocycles. The van der Waals surface area contributed by atoms with Gasteiger partial charge in [-0.1, -0.05) is 61.7 Å². The Labute approximate surface area is 202 Å². The van der Waals surface area contributed by atoms with Gasteiger partial charge in [-0.25, -0.2) is 4.57 Å². The van der Waals surface area contributed by atoms with Crippen LogP contribution in [0.4, 0.5) is 0 Å². The molecule has 7 nitrogen and oxygen atoms in total. The van der Waals surface area contributed by atoms with E-state index in [1.807, 2.05) is 60.7 Å². The number of benzene rings is 2. The Bertz CT molecular complexity index is 1420. The molecule has 0 atom stereocenters. The van der Waals surface area contributed by atoms with Crippen LogP contribution >= 0.6 is 11.8 Å². The topological polar surface area (TPSA) is 81.3 Å². The summed E-state index contributed by atoms with van der Waals surface area (Å²) in [7, 11) is 0. The molecule has 0 radical (unpaired) electrons. The molecule has 1 amide bonds. The van der Waals surface area contributed by atoms with Crippen molar-refractivity contribution in [3.8, 4) is 5.69 Å². The number of rotatable bonds is 5. The smallest absolute Gasteiger partial charge is 0.267 e. The predicted octanol–water partition coefficient (Wildman–Crippen LogP) is 4.58. The first-order chi connectivity index (χ1) is 16.5. The molecule has 0 unspecified atom stereocenters. The maximum Gasteiger partial charge on any atom is 0.267 e. The zero-order valence-corrected chi connectivity index (χ0v) is 20.4. The lowest BCUT2D eigenvalue weighted by Gasteiger charge is -2.16. The number of aryl methyl sites for hydroxylation is 2. The highest BCUT2D eigenvalue weighted by atomic mass is 32.2.